The van der Waals surface area contributed by atoms with Crippen molar-refractivity contribution in [2.75, 3.05) is 32.9 Å². The number of rotatable bonds is 9. The fraction of sp³-hybridized carbons (Fsp3) is 0.481. The second-order valence-corrected chi connectivity index (χ2v) is 9.80. The van der Waals surface area contributed by atoms with Crippen molar-refractivity contribution in [2.45, 2.75) is 51.7 Å². The van der Waals surface area contributed by atoms with Crippen molar-refractivity contribution < 1.29 is 19.1 Å². The van der Waals surface area contributed by atoms with Crippen molar-refractivity contribution in [3.63, 3.8) is 0 Å². The summed E-state index contributed by atoms with van der Waals surface area (Å²) >= 11 is 0. The van der Waals surface area contributed by atoms with E-state index < -0.39 is 5.97 Å². The Kier molecular flexibility index (Phi) is 7.29. The molecule has 9 nitrogen and oxygen atoms in total. The largest absolute Gasteiger partial charge is 0.452 e. The Morgan fingerprint density at radius 3 is 2.64 bits per heavy atom. The van der Waals surface area contributed by atoms with Gasteiger partial charge in [-0.2, -0.15) is 5.10 Å². The van der Waals surface area contributed by atoms with Gasteiger partial charge in [-0.3, -0.25) is 9.69 Å². The van der Waals surface area contributed by atoms with Crippen LogP contribution in [-0.4, -0.2) is 64.5 Å². The monoisotopic (exact) mass is 491 g/mol. The Labute approximate surface area is 210 Å². The van der Waals surface area contributed by atoms with Gasteiger partial charge in [0, 0.05) is 43.8 Å². The molecule has 2 aromatic heterocycles. The molecule has 3 aromatic rings. The van der Waals surface area contributed by atoms with Gasteiger partial charge in [0.1, 0.15) is 0 Å². The third kappa shape index (κ3) is 5.57. The molecule has 1 saturated carbocycles. The number of carbonyl (C=O) groups excluding carboxylic acids is 2. The molecule has 0 bridgehead atoms. The summed E-state index contributed by atoms with van der Waals surface area (Å²) in [5, 5.41) is 7.96. The zero-order valence-corrected chi connectivity index (χ0v) is 20.9. The first kappa shape index (κ1) is 24.4. The van der Waals surface area contributed by atoms with Gasteiger partial charge in [-0.25, -0.2) is 14.5 Å². The summed E-state index contributed by atoms with van der Waals surface area (Å²) in [4.78, 5) is 32.7. The Bertz CT molecular complexity index is 1240. The zero-order chi connectivity index (χ0) is 25.1. The Morgan fingerprint density at radius 2 is 1.92 bits per heavy atom. The van der Waals surface area contributed by atoms with E-state index in [0.717, 1.165) is 56.9 Å². The number of ether oxygens (including phenoxy) is 2. The molecule has 0 radical (unpaired) electrons. The number of fused-ring (bicyclic) bond motifs is 1. The quantitative estimate of drug-likeness (QED) is 0.459. The molecular weight excluding hydrogens is 458 g/mol. The smallest absolute Gasteiger partial charge is 0.339 e. The molecule has 0 spiro atoms. The maximum Gasteiger partial charge on any atom is 0.339 e. The predicted octanol–water partition coefficient (Wildman–Crippen LogP) is 3.20. The Balaban J connectivity index is 1.21. The van der Waals surface area contributed by atoms with Gasteiger partial charge in [0.15, 0.2) is 12.3 Å². The summed E-state index contributed by atoms with van der Waals surface area (Å²) < 4.78 is 12.7. The fourth-order valence-corrected chi connectivity index (χ4v) is 4.51. The first-order valence-electron chi connectivity index (χ1n) is 12.7. The van der Waals surface area contributed by atoms with Crippen LogP contribution in [0.4, 0.5) is 0 Å². The van der Waals surface area contributed by atoms with Crippen LogP contribution in [0.5, 0.6) is 0 Å². The van der Waals surface area contributed by atoms with E-state index in [1.165, 1.54) is 5.56 Å². The number of esters is 1. The minimum atomic E-state index is -0.532. The molecule has 1 aromatic carbocycles. The molecule has 1 amide bonds. The normalized spacial score (nSPS) is 16.4. The molecule has 1 aliphatic carbocycles. The summed E-state index contributed by atoms with van der Waals surface area (Å²) in [5.41, 5.74) is 4.21. The van der Waals surface area contributed by atoms with Gasteiger partial charge in [-0.15, -0.1) is 0 Å². The molecule has 2 fully saturated rings. The first-order chi connectivity index (χ1) is 17.5. The van der Waals surface area contributed by atoms with Crippen molar-refractivity contribution in [1.82, 2.24) is 25.0 Å². The number of hydrogen-bond acceptors (Lipinski definition) is 7. The van der Waals surface area contributed by atoms with Gasteiger partial charge in [-0.05, 0) is 43.9 Å². The van der Waals surface area contributed by atoms with Crippen LogP contribution in [0.1, 0.15) is 65.8 Å². The van der Waals surface area contributed by atoms with Gasteiger partial charge in [0.05, 0.1) is 30.4 Å². The van der Waals surface area contributed by atoms with Crippen molar-refractivity contribution in [3.8, 4) is 0 Å². The average Bonchev–Trinajstić information content (AvgIpc) is 3.65. The summed E-state index contributed by atoms with van der Waals surface area (Å²) in [6.45, 7) is 8.20. The van der Waals surface area contributed by atoms with E-state index in [0.29, 0.717) is 29.1 Å². The van der Waals surface area contributed by atoms with Crippen LogP contribution >= 0.6 is 0 Å². The lowest BCUT2D eigenvalue weighted by Gasteiger charge is -2.27. The lowest BCUT2D eigenvalue weighted by atomic mass is 10.1. The number of benzene rings is 1. The highest BCUT2D eigenvalue weighted by atomic mass is 16.5. The third-order valence-corrected chi connectivity index (χ3v) is 6.72. The maximum atomic E-state index is 13.0. The highest BCUT2D eigenvalue weighted by molar-refractivity contribution is 6.03. The number of hydrogen-bond donors (Lipinski definition) is 1. The standard InChI is InChI=1S/C27H33N5O4/c1-18(2)32-26-23(15-29-32)22(13-24(30-26)19-7-8-19)27(34)36-17-25(33)28-14-20-5-3-4-6-21(20)16-31-9-11-35-12-10-31/h3-6,13,15,18-19H,7-12,14,16-17H2,1-2H3,(H,28,33). The Morgan fingerprint density at radius 1 is 1.17 bits per heavy atom. The van der Waals surface area contributed by atoms with E-state index in [9.17, 15) is 9.59 Å². The first-order valence-corrected chi connectivity index (χ1v) is 12.7. The second kappa shape index (κ2) is 10.8. The summed E-state index contributed by atoms with van der Waals surface area (Å²) in [6, 6.07) is 9.99. The molecule has 5 rings (SSSR count). The Hall–Kier alpha value is -3.30. The highest BCUT2D eigenvalue weighted by Gasteiger charge is 2.28. The molecule has 1 aliphatic heterocycles. The molecule has 0 atom stereocenters. The molecule has 1 N–H and O–H groups in total. The highest BCUT2D eigenvalue weighted by Crippen LogP contribution is 2.40. The maximum absolute atomic E-state index is 13.0. The van der Waals surface area contributed by atoms with Crippen LogP contribution < -0.4 is 5.32 Å². The third-order valence-electron chi connectivity index (χ3n) is 6.72. The van der Waals surface area contributed by atoms with E-state index in [1.54, 1.807) is 12.3 Å². The van der Waals surface area contributed by atoms with Gasteiger partial charge in [0.25, 0.3) is 5.91 Å². The number of carbonyl (C=O) groups is 2. The lowest BCUT2D eigenvalue weighted by Crippen LogP contribution is -2.36. The summed E-state index contributed by atoms with van der Waals surface area (Å²) in [6.07, 6.45) is 3.79. The second-order valence-electron chi connectivity index (χ2n) is 9.80. The molecule has 2 aliphatic rings. The van der Waals surface area contributed by atoms with E-state index in [-0.39, 0.29) is 18.6 Å². The molecule has 0 unspecified atom stereocenters. The van der Waals surface area contributed by atoms with Crippen LogP contribution in [0.3, 0.4) is 0 Å². The fourth-order valence-electron chi connectivity index (χ4n) is 4.51. The van der Waals surface area contributed by atoms with Crippen molar-refractivity contribution >= 4 is 22.9 Å². The van der Waals surface area contributed by atoms with Crippen LogP contribution in [-0.2, 0) is 27.4 Å². The molecular formula is C27H33N5O4. The topological polar surface area (TPSA) is 98.6 Å². The molecule has 190 valence electrons. The lowest BCUT2D eigenvalue weighted by molar-refractivity contribution is -0.124. The summed E-state index contributed by atoms with van der Waals surface area (Å²) in [5.74, 6) is -0.497. The number of nitrogens with one attached hydrogen (secondary N) is 1. The average molecular weight is 492 g/mol. The minimum absolute atomic E-state index is 0.116. The molecule has 1 saturated heterocycles. The van der Waals surface area contributed by atoms with E-state index in [2.05, 4.69) is 21.4 Å². The van der Waals surface area contributed by atoms with Crippen LogP contribution in [0.2, 0.25) is 0 Å². The van der Waals surface area contributed by atoms with E-state index >= 15 is 0 Å². The van der Waals surface area contributed by atoms with Crippen molar-refractivity contribution in [1.29, 1.82) is 0 Å². The number of nitrogens with zero attached hydrogens (tertiary/aromatic N) is 4. The predicted molar refractivity (Wildman–Crippen MR) is 135 cm³/mol. The number of pyridine rings is 1. The van der Waals surface area contributed by atoms with Gasteiger partial charge in [-0.1, -0.05) is 24.3 Å². The molecule has 9 heteroatoms. The zero-order valence-electron chi connectivity index (χ0n) is 20.9. The summed E-state index contributed by atoms with van der Waals surface area (Å²) in [7, 11) is 0. The van der Waals surface area contributed by atoms with Crippen LogP contribution in [0.25, 0.3) is 11.0 Å². The van der Waals surface area contributed by atoms with Crippen LogP contribution in [0.15, 0.2) is 36.5 Å². The SMILES string of the molecule is CC(C)n1ncc2c(C(=O)OCC(=O)NCc3ccccc3CN3CCOCC3)cc(C3CC3)nc21. The van der Waals surface area contributed by atoms with Crippen LogP contribution in [0, 0.1) is 0 Å². The van der Waals surface area contributed by atoms with Gasteiger partial charge < -0.3 is 14.8 Å². The van der Waals surface area contributed by atoms with Crippen molar-refractivity contribution in [3.05, 3.63) is 58.9 Å². The molecule has 36 heavy (non-hydrogen) atoms. The number of morpholine rings is 1. The van der Waals surface area contributed by atoms with E-state index in [1.807, 2.05) is 36.7 Å². The number of aromatic nitrogens is 3. The minimum Gasteiger partial charge on any atom is -0.452 e. The van der Waals surface area contributed by atoms with Crippen molar-refractivity contribution in [2.24, 2.45) is 0 Å². The van der Waals surface area contributed by atoms with Gasteiger partial charge >= 0.3 is 5.97 Å². The van der Waals surface area contributed by atoms with E-state index in [4.69, 9.17) is 14.5 Å². The van der Waals surface area contributed by atoms with Gasteiger partial charge in [0.2, 0.25) is 0 Å². The number of amides is 1. The molecule has 3 heterocycles.